The number of ether oxygens (including phenoxy) is 1. The third-order valence-corrected chi connectivity index (χ3v) is 8.99. The van der Waals surface area contributed by atoms with Crippen molar-refractivity contribution in [2.75, 3.05) is 45.8 Å². The molecular weight excluding hydrogens is 647 g/mol. The first-order valence-electron chi connectivity index (χ1n) is 17.4. The molecule has 2 amide bonds. The number of halogens is 1. The van der Waals surface area contributed by atoms with Crippen LogP contribution in [0.5, 0.6) is 0 Å². The third-order valence-electron chi connectivity index (χ3n) is 8.99. The maximum absolute atomic E-state index is 13.7. The van der Waals surface area contributed by atoms with Gasteiger partial charge in [0.15, 0.2) is 5.78 Å². The Morgan fingerprint density at radius 3 is 2.14 bits per heavy atom. The first kappa shape index (κ1) is 37.2. The maximum atomic E-state index is 13.7. The summed E-state index contributed by atoms with van der Waals surface area (Å²) in [6.45, 7) is 10.9. The number of aromatic nitrogens is 1. The van der Waals surface area contributed by atoms with Crippen molar-refractivity contribution < 1.29 is 23.5 Å². The second-order valence-corrected chi connectivity index (χ2v) is 14.1. The summed E-state index contributed by atoms with van der Waals surface area (Å²) in [5, 5.41) is 11.7. The zero-order chi connectivity index (χ0) is 36.4. The second kappa shape index (κ2) is 17.2. The number of carbonyl (C=O) groups excluding carboxylic acids is 3. The number of nitriles is 1. The predicted octanol–water partition coefficient (Wildman–Crippen LogP) is 5.41. The SMILES string of the molecule is CC(C)(C)OC(=O)NCC#Cc1cc(C(=O)N2CCN(Cc3ccc(F)cc3)CC2)cnc1C(=O)CC1CCN(Cc2ccc(C#N)cc2)CC1. The van der Waals surface area contributed by atoms with E-state index in [0.29, 0.717) is 55.8 Å². The largest absolute Gasteiger partial charge is 0.444 e. The van der Waals surface area contributed by atoms with Gasteiger partial charge in [0.1, 0.15) is 17.1 Å². The van der Waals surface area contributed by atoms with E-state index in [1.54, 1.807) is 43.9 Å². The fourth-order valence-electron chi connectivity index (χ4n) is 6.26. The first-order valence-corrected chi connectivity index (χ1v) is 17.4. The molecule has 266 valence electrons. The zero-order valence-corrected chi connectivity index (χ0v) is 29.6. The normalized spacial score (nSPS) is 15.7. The number of hydrogen-bond acceptors (Lipinski definition) is 8. The smallest absolute Gasteiger partial charge is 0.408 e. The van der Waals surface area contributed by atoms with Crippen LogP contribution in [0.1, 0.15) is 83.1 Å². The number of amides is 2. The molecule has 2 aromatic carbocycles. The quantitative estimate of drug-likeness (QED) is 0.234. The van der Waals surface area contributed by atoms with Gasteiger partial charge in [0, 0.05) is 51.9 Å². The van der Waals surface area contributed by atoms with Crippen LogP contribution in [0.2, 0.25) is 0 Å². The summed E-state index contributed by atoms with van der Waals surface area (Å²) in [7, 11) is 0. The molecule has 0 atom stereocenters. The molecule has 0 spiro atoms. The molecule has 2 fully saturated rings. The molecule has 2 aliphatic heterocycles. The molecule has 11 heteroatoms. The van der Waals surface area contributed by atoms with Crippen molar-refractivity contribution >= 4 is 17.8 Å². The lowest BCUT2D eigenvalue weighted by Crippen LogP contribution is -2.48. The van der Waals surface area contributed by atoms with Gasteiger partial charge in [-0.2, -0.15) is 5.26 Å². The van der Waals surface area contributed by atoms with E-state index in [1.807, 2.05) is 24.3 Å². The van der Waals surface area contributed by atoms with Crippen LogP contribution in [0, 0.1) is 34.9 Å². The van der Waals surface area contributed by atoms with Crippen molar-refractivity contribution in [2.24, 2.45) is 5.92 Å². The highest BCUT2D eigenvalue weighted by molar-refractivity contribution is 5.99. The monoisotopic (exact) mass is 692 g/mol. The van der Waals surface area contributed by atoms with Gasteiger partial charge in [-0.25, -0.2) is 9.18 Å². The Morgan fingerprint density at radius 2 is 1.53 bits per heavy atom. The number of hydrogen-bond donors (Lipinski definition) is 1. The molecule has 0 saturated carbocycles. The van der Waals surface area contributed by atoms with Crippen LogP contribution >= 0.6 is 0 Å². The van der Waals surface area contributed by atoms with Gasteiger partial charge in [-0.05, 0) is 94.1 Å². The van der Waals surface area contributed by atoms with Crippen LogP contribution < -0.4 is 5.32 Å². The molecule has 1 N–H and O–H groups in total. The number of rotatable bonds is 9. The average molecular weight is 693 g/mol. The topological polar surface area (TPSA) is 119 Å². The number of benzene rings is 2. The zero-order valence-electron chi connectivity index (χ0n) is 29.6. The highest BCUT2D eigenvalue weighted by atomic mass is 19.1. The van der Waals surface area contributed by atoms with Gasteiger partial charge in [-0.1, -0.05) is 36.1 Å². The van der Waals surface area contributed by atoms with Crippen molar-refractivity contribution in [3.8, 4) is 17.9 Å². The number of Topliss-reactive ketones (excluding diaryl/α,β-unsaturated/α-hetero) is 1. The van der Waals surface area contributed by atoms with Gasteiger partial charge in [0.2, 0.25) is 0 Å². The van der Waals surface area contributed by atoms with Crippen LogP contribution in [0.25, 0.3) is 0 Å². The number of piperidine rings is 1. The summed E-state index contributed by atoms with van der Waals surface area (Å²) in [6, 6.07) is 17.9. The van der Waals surface area contributed by atoms with E-state index in [-0.39, 0.29) is 35.7 Å². The minimum atomic E-state index is -0.651. The minimum Gasteiger partial charge on any atom is -0.444 e. The Balaban J connectivity index is 1.22. The molecule has 3 aromatic rings. The Kier molecular flexibility index (Phi) is 12.5. The lowest BCUT2D eigenvalue weighted by Gasteiger charge is -2.34. The molecule has 3 heterocycles. The lowest BCUT2D eigenvalue weighted by molar-refractivity contribution is 0.0534. The molecule has 0 unspecified atom stereocenters. The van der Waals surface area contributed by atoms with E-state index >= 15 is 0 Å². The van der Waals surface area contributed by atoms with E-state index in [1.165, 1.54) is 18.3 Å². The Hall–Kier alpha value is -5.10. The second-order valence-electron chi connectivity index (χ2n) is 14.1. The lowest BCUT2D eigenvalue weighted by atomic mass is 9.90. The van der Waals surface area contributed by atoms with Gasteiger partial charge < -0.3 is 15.0 Å². The average Bonchev–Trinajstić information content (AvgIpc) is 3.11. The summed E-state index contributed by atoms with van der Waals surface area (Å²) in [5.74, 6) is 5.50. The van der Waals surface area contributed by atoms with Gasteiger partial charge in [0.25, 0.3) is 5.91 Å². The number of pyridine rings is 1. The van der Waals surface area contributed by atoms with Crippen LogP contribution in [-0.2, 0) is 17.8 Å². The number of nitrogens with zero attached hydrogens (tertiary/aromatic N) is 5. The van der Waals surface area contributed by atoms with Gasteiger partial charge in [0.05, 0.1) is 29.3 Å². The van der Waals surface area contributed by atoms with E-state index in [9.17, 15) is 18.8 Å². The van der Waals surface area contributed by atoms with E-state index in [2.05, 4.69) is 38.0 Å². The highest BCUT2D eigenvalue weighted by Gasteiger charge is 2.26. The van der Waals surface area contributed by atoms with E-state index in [0.717, 1.165) is 43.6 Å². The highest BCUT2D eigenvalue weighted by Crippen LogP contribution is 2.25. The van der Waals surface area contributed by atoms with Crippen LogP contribution in [-0.4, -0.2) is 88.9 Å². The molecular formula is C40H45FN6O4. The summed E-state index contributed by atoms with van der Waals surface area (Å²) in [5.41, 5.74) is 3.08. The number of carbonyl (C=O) groups is 3. The standard InChI is InChI=1S/C40H45FN6O4/c1-40(2,3)51-39(50)43-16-4-5-33-24-34(38(49)47-21-19-46(20-22-47)28-32-10-12-35(41)13-11-32)26-44-37(33)36(48)23-29-14-17-45(18-15-29)27-31-8-6-30(25-42)7-9-31/h6-13,24,26,29H,14-23,27-28H2,1-3H3,(H,43,50). The molecule has 0 bridgehead atoms. The minimum absolute atomic E-state index is 0.00552. The summed E-state index contributed by atoms with van der Waals surface area (Å²) < 4.78 is 18.6. The van der Waals surface area contributed by atoms with Crippen molar-refractivity contribution in [2.45, 2.75) is 58.7 Å². The fraction of sp³-hybridized carbons (Fsp3) is 0.425. The van der Waals surface area contributed by atoms with Crippen LogP contribution in [0.3, 0.4) is 0 Å². The molecule has 0 radical (unpaired) electrons. The fourth-order valence-corrected chi connectivity index (χ4v) is 6.26. The number of ketones is 1. The molecule has 10 nitrogen and oxygen atoms in total. The molecule has 2 aliphatic rings. The predicted molar refractivity (Wildman–Crippen MR) is 191 cm³/mol. The number of nitrogens with one attached hydrogen (secondary N) is 1. The van der Waals surface area contributed by atoms with Crippen molar-refractivity contribution in [3.05, 3.63) is 100 Å². The molecule has 1 aromatic heterocycles. The van der Waals surface area contributed by atoms with Crippen LogP contribution in [0.15, 0.2) is 60.8 Å². The third kappa shape index (κ3) is 11.2. The van der Waals surface area contributed by atoms with Crippen molar-refractivity contribution in [1.82, 2.24) is 25.0 Å². The maximum Gasteiger partial charge on any atom is 0.408 e. The molecule has 51 heavy (non-hydrogen) atoms. The van der Waals surface area contributed by atoms with Crippen LogP contribution in [0.4, 0.5) is 9.18 Å². The summed E-state index contributed by atoms with van der Waals surface area (Å²) >= 11 is 0. The van der Waals surface area contributed by atoms with Gasteiger partial charge in [-0.3, -0.25) is 24.4 Å². The Labute approximate surface area is 299 Å². The summed E-state index contributed by atoms with van der Waals surface area (Å²) in [6.07, 6.45) is 2.93. The van der Waals surface area contributed by atoms with Gasteiger partial charge in [-0.15, -0.1) is 0 Å². The van der Waals surface area contributed by atoms with Gasteiger partial charge >= 0.3 is 6.09 Å². The number of likely N-dealkylation sites (tertiary alicyclic amines) is 1. The molecule has 0 aliphatic carbocycles. The Bertz CT molecular complexity index is 1790. The van der Waals surface area contributed by atoms with E-state index < -0.39 is 11.7 Å². The number of alkyl carbamates (subject to hydrolysis) is 1. The van der Waals surface area contributed by atoms with Crippen molar-refractivity contribution in [1.29, 1.82) is 5.26 Å². The summed E-state index contributed by atoms with van der Waals surface area (Å²) in [4.78, 5) is 50.2. The molecule has 5 rings (SSSR count). The van der Waals surface area contributed by atoms with E-state index in [4.69, 9.17) is 10.00 Å². The molecule has 2 saturated heterocycles. The number of piperazine rings is 1. The first-order chi connectivity index (χ1) is 24.5. The van der Waals surface area contributed by atoms with Crippen molar-refractivity contribution in [3.63, 3.8) is 0 Å². The Morgan fingerprint density at radius 1 is 0.922 bits per heavy atom.